The van der Waals surface area contributed by atoms with Crippen molar-refractivity contribution in [2.75, 3.05) is 13.6 Å². The van der Waals surface area contributed by atoms with E-state index in [1.54, 1.807) is 0 Å². The van der Waals surface area contributed by atoms with Gasteiger partial charge in [0.1, 0.15) is 5.39 Å². The molecule has 6 heteroatoms. The summed E-state index contributed by atoms with van der Waals surface area (Å²) in [6.45, 7) is 9.67. The number of nitrogens with zero attached hydrogens (tertiary/aromatic N) is 1. The van der Waals surface area contributed by atoms with E-state index in [2.05, 4.69) is 43.2 Å². The average molecular weight is 445 g/mol. The number of ketones is 1. The number of carbonyl (C=O) groups is 1. The highest BCUT2D eigenvalue weighted by atomic mass is 16.7. The first kappa shape index (κ1) is 20.1. The third-order valence-corrected chi connectivity index (χ3v) is 6.91. The number of aromatic nitrogens is 1. The summed E-state index contributed by atoms with van der Waals surface area (Å²) < 4.78 is 25.1. The molecule has 0 amide bonds. The van der Waals surface area contributed by atoms with Crippen LogP contribution in [0.25, 0.3) is 27.6 Å². The van der Waals surface area contributed by atoms with Crippen molar-refractivity contribution in [1.82, 2.24) is 0 Å². The molecular formula is C27H26NO5+. The second-order valence-corrected chi connectivity index (χ2v) is 8.81. The van der Waals surface area contributed by atoms with Crippen molar-refractivity contribution in [2.45, 2.75) is 46.1 Å². The van der Waals surface area contributed by atoms with Crippen LogP contribution in [0.4, 0.5) is 0 Å². The van der Waals surface area contributed by atoms with Gasteiger partial charge >= 0.3 is 0 Å². The Morgan fingerprint density at radius 1 is 1.06 bits per heavy atom. The molecule has 0 aliphatic carbocycles. The van der Waals surface area contributed by atoms with Crippen molar-refractivity contribution in [3.63, 3.8) is 0 Å². The summed E-state index contributed by atoms with van der Waals surface area (Å²) in [7, 11) is 0. The Labute approximate surface area is 192 Å². The van der Waals surface area contributed by atoms with Crippen LogP contribution < -0.4 is 23.5 Å². The molecule has 168 valence electrons. The van der Waals surface area contributed by atoms with Crippen LogP contribution in [0.3, 0.4) is 0 Å². The highest BCUT2D eigenvalue weighted by molar-refractivity contribution is 6.22. The number of hydrogen-bond acceptors (Lipinski definition) is 5. The van der Waals surface area contributed by atoms with Gasteiger partial charge in [-0.3, -0.25) is 4.79 Å². The maximum Gasteiger partial charge on any atom is 0.231 e. The molecule has 3 aromatic rings. The summed E-state index contributed by atoms with van der Waals surface area (Å²) in [6.07, 6.45) is 3.12. The molecule has 6 nitrogen and oxygen atoms in total. The van der Waals surface area contributed by atoms with E-state index in [9.17, 15) is 4.79 Å². The fourth-order valence-corrected chi connectivity index (χ4v) is 5.25. The van der Waals surface area contributed by atoms with Crippen molar-refractivity contribution in [3.05, 3.63) is 47.7 Å². The molecule has 3 aliphatic heterocycles. The number of fused-ring (bicyclic) bond motifs is 7. The van der Waals surface area contributed by atoms with Gasteiger partial charge in [0.25, 0.3) is 0 Å². The molecule has 0 saturated carbocycles. The standard InChI is InChI=1S/C27H26NO5/c1-4-5-6-20(29)16(3)26-24-18(7-8-21-27(24)33-14-30-21)15(2)25-19-12-23-22(31-13-32-23)11-17(19)9-10-28(25)26/h7-8,11-12H,3-6,9-10,13-14H2,1-2H3/q+1. The summed E-state index contributed by atoms with van der Waals surface area (Å²) >= 11 is 0. The van der Waals surface area contributed by atoms with Crippen molar-refractivity contribution in [1.29, 1.82) is 0 Å². The van der Waals surface area contributed by atoms with Gasteiger partial charge < -0.3 is 18.9 Å². The van der Waals surface area contributed by atoms with E-state index in [1.807, 2.05) is 6.07 Å². The Kier molecular flexibility index (Phi) is 4.57. The van der Waals surface area contributed by atoms with Crippen LogP contribution in [0.1, 0.15) is 43.0 Å². The third kappa shape index (κ3) is 2.93. The molecule has 0 atom stereocenters. The SMILES string of the molecule is C=C(C(=O)CCCC)c1c2c3c(ccc2c(C)c2[n+]1CCc1cc4c(cc1-2)OCO4)OCO3. The molecule has 0 spiro atoms. The molecule has 0 radical (unpaired) electrons. The smallest absolute Gasteiger partial charge is 0.231 e. The van der Waals surface area contributed by atoms with Crippen molar-refractivity contribution < 1.29 is 28.3 Å². The van der Waals surface area contributed by atoms with E-state index in [-0.39, 0.29) is 19.4 Å². The zero-order valence-corrected chi connectivity index (χ0v) is 19.0. The minimum Gasteiger partial charge on any atom is -0.454 e. The summed E-state index contributed by atoms with van der Waals surface area (Å²) in [6, 6.07) is 8.17. The van der Waals surface area contributed by atoms with E-state index in [0.29, 0.717) is 23.5 Å². The fourth-order valence-electron chi connectivity index (χ4n) is 5.25. The lowest BCUT2D eigenvalue weighted by Crippen LogP contribution is -2.45. The molecule has 4 heterocycles. The van der Waals surface area contributed by atoms with Crippen LogP contribution in [0.15, 0.2) is 30.8 Å². The minimum atomic E-state index is 0.0738. The van der Waals surface area contributed by atoms with E-state index in [0.717, 1.165) is 70.6 Å². The molecule has 33 heavy (non-hydrogen) atoms. The van der Waals surface area contributed by atoms with Crippen LogP contribution in [0, 0.1) is 6.92 Å². The van der Waals surface area contributed by atoms with Gasteiger partial charge in [-0.05, 0) is 43.2 Å². The molecule has 3 aliphatic rings. The number of benzene rings is 2. The van der Waals surface area contributed by atoms with Gasteiger partial charge in [0.2, 0.25) is 25.0 Å². The van der Waals surface area contributed by atoms with Crippen LogP contribution in [0.5, 0.6) is 23.0 Å². The number of ether oxygens (including phenoxy) is 4. The average Bonchev–Trinajstić information content (AvgIpc) is 3.49. The second-order valence-electron chi connectivity index (χ2n) is 8.81. The molecule has 1 aromatic heterocycles. The predicted octanol–water partition coefficient (Wildman–Crippen LogP) is 4.89. The lowest BCUT2D eigenvalue weighted by Gasteiger charge is -2.22. The normalized spacial score (nSPS) is 14.8. The number of rotatable bonds is 5. The first-order valence-corrected chi connectivity index (χ1v) is 11.5. The first-order valence-electron chi connectivity index (χ1n) is 11.5. The summed E-state index contributed by atoms with van der Waals surface area (Å²) in [5.74, 6) is 3.03. The van der Waals surface area contributed by atoms with Gasteiger partial charge in [0, 0.05) is 23.8 Å². The lowest BCUT2D eigenvalue weighted by molar-refractivity contribution is -0.688. The highest BCUT2D eigenvalue weighted by Crippen LogP contribution is 2.46. The van der Waals surface area contributed by atoms with Gasteiger partial charge in [-0.1, -0.05) is 19.9 Å². The number of allylic oxidation sites excluding steroid dienone is 1. The van der Waals surface area contributed by atoms with Gasteiger partial charge in [0.05, 0.1) is 11.1 Å². The maximum absolute atomic E-state index is 13.2. The highest BCUT2D eigenvalue weighted by Gasteiger charge is 2.37. The predicted molar refractivity (Wildman–Crippen MR) is 124 cm³/mol. The third-order valence-electron chi connectivity index (χ3n) is 6.91. The Balaban J connectivity index is 1.66. The largest absolute Gasteiger partial charge is 0.454 e. The maximum atomic E-state index is 13.2. The number of unbranched alkanes of at least 4 members (excludes halogenated alkanes) is 1. The quantitative estimate of drug-likeness (QED) is 0.414. The molecule has 6 rings (SSSR count). The van der Waals surface area contributed by atoms with Gasteiger partial charge in [-0.25, -0.2) is 0 Å². The Bertz CT molecular complexity index is 1360. The number of Topliss-reactive ketones (excluding diaryl/α,β-unsaturated/α-hetero) is 1. The molecule has 0 bridgehead atoms. The number of hydrogen-bond donors (Lipinski definition) is 0. The lowest BCUT2D eigenvalue weighted by atomic mass is 9.88. The van der Waals surface area contributed by atoms with Crippen LogP contribution in [0.2, 0.25) is 0 Å². The fraction of sp³-hybridized carbons (Fsp3) is 0.333. The van der Waals surface area contributed by atoms with Crippen molar-refractivity contribution in [2.24, 2.45) is 0 Å². The van der Waals surface area contributed by atoms with E-state index in [4.69, 9.17) is 18.9 Å². The number of carbonyl (C=O) groups excluding carboxylic acids is 1. The van der Waals surface area contributed by atoms with E-state index in [1.165, 1.54) is 5.56 Å². The molecule has 2 aromatic carbocycles. The summed E-state index contributed by atoms with van der Waals surface area (Å²) in [4.78, 5) is 13.2. The number of aryl methyl sites for hydroxylation is 2. The van der Waals surface area contributed by atoms with Gasteiger partial charge in [-0.15, -0.1) is 0 Å². The van der Waals surface area contributed by atoms with Crippen LogP contribution >= 0.6 is 0 Å². The van der Waals surface area contributed by atoms with Crippen molar-refractivity contribution >= 4 is 22.1 Å². The van der Waals surface area contributed by atoms with E-state index >= 15 is 0 Å². The zero-order valence-electron chi connectivity index (χ0n) is 19.0. The Hall–Kier alpha value is -3.54. The zero-order chi connectivity index (χ0) is 22.7. The molecule has 0 fully saturated rings. The van der Waals surface area contributed by atoms with E-state index < -0.39 is 0 Å². The molecule has 0 N–H and O–H groups in total. The molecule has 0 unspecified atom stereocenters. The topological polar surface area (TPSA) is 57.9 Å². The van der Waals surface area contributed by atoms with Crippen LogP contribution in [-0.4, -0.2) is 19.4 Å². The molecular weight excluding hydrogens is 418 g/mol. The second kappa shape index (κ2) is 7.51. The van der Waals surface area contributed by atoms with Crippen LogP contribution in [-0.2, 0) is 17.8 Å². The monoisotopic (exact) mass is 444 g/mol. The summed E-state index contributed by atoms with van der Waals surface area (Å²) in [5, 5.41) is 1.95. The molecule has 0 saturated heterocycles. The Morgan fingerprint density at radius 3 is 2.64 bits per heavy atom. The Morgan fingerprint density at radius 2 is 1.82 bits per heavy atom. The van der Waals surface area contributed by atoms with Gasteiger partial charge in [0.15, 0.2) is 35.3 Å². The minimum absolute atomic E-state index is 0.0738. The van der Waals surface area contributed by atoms with Gasteiger partial charge in [-0.2, -0.15) is 4.57 Å². The first-order chi connectivity index (χ1) is 16.1. The summed E-state index contributed by atoms with van der Waals surface area (Å²) in [5.41, 5.74) is 5.90. The number of pyridine rings is 1. The van der Waals surface area contributed by atoms with Crippen molar-refractivity contribution in [3.8, 4) is 34.3 Å².